The van der Waals surface area contributed by atoms with E-state index in [1.807, 2.05) is 12.1 Å². The number of halogens is 1. The lowest BCUT2D eigenvalue weighted by molar-refractivity contribution is -0.127. The molecule has 168 valence electrons. The molecule has 32 heavy (non-hydrogen) atoms. The fraction of sp³-hybridized carbons (Fsp3) is 0.400. The molecule has 0 spiro atoms. The van der Waals surface area contributed by atoms with E-state index in [1.165, 1.54) is 23.3 Å². The lowest BCUT2D eigenvalue weighted by Gasteiger charge is -2.31. The topological polar surface area (TPSA) is 71.3 Å². The van der Waals surface area contributed by atoms with E-state index in [4.69, 9.17) is 4.52 Å². The molecule has 1 atom stereocenters. The van der Waals surface area contributed by atoms with Crippen molar-refractivity contribution in [3.63, 3.8) is 0 Å². The molecule has 1 aliphatic heterocycles. The Hall–Kier alpha value is -3.06. The molecule has 0 radical (unpaired) electrons. The monoisotopic (exact) mass is 436 g/mol. The van der Waals surface area contributed by atoms with Crippen LogP contribution in [0.2, 0.25) is 0 Å². The van der Waals surface area contributed by atoms with Crippen molar-refractivity contribution in [1.82, 2.24) is 20.4 Å². The van der Waals surface area contributed by atoms with E-state index in [1.54, 1.807) is 12.1 Å². The second kappa shape index (κ2) is 10.0. The van der Waals surface area contributed by atoms with Crippen molar-refractivity contribution >= 4 is 5.91 Å². The number of rotatable bonds is 7. The smallest absolute Gasteiger partial charge is 0.241 e. The number of likely N-dealkylation sites (tertiary alicyclic amines) is 1. The average Bonchev–Trinajstić information content (AvgIpc) is 3.27. The van der Waals surface area contributed by atoms with Gasteiger partial charge in [0.25, 0.3) is 0 Å². The summed E-state index contributed by atoms with van der Waals surface area (Å²) in [5.74, 6) is 0.834. The van der Waals surface area contributed by atoms with Gasteiger partial charge in [-0.05, 0) is 74.7 Å². The summed E-state index contributed by atoms with van der Waals surface area (Å²) in [6, 6.07) is 14.3. The van der Waals surface area contributed by atoms with Crippen LogP contribution >= 0.6 is 0 Å². The minimum atomic E-state index is -0.298. The van der Waals surface area contributed by atoms with Crippen LogP contribution in [-0.2, 0) is 11.3 Å². The van der Waals surface area contributed by atoms with Gasteiger partial charge in [-0.1, -0.05) is 36.3 Å². The molecular weight excluding hydrogens is 407 g/mol. The number of carbonyl (C=O) groups is 1. The van der Waals surface area contributed by atoms with Crippen molar-refractivity contribution in [2.75, 3.05) is 13.1 Å². The molecule has 1 fully saturated rings. The summed E-state index contributed by atoms with van der Waals surface area (Å²) in [5, 5.41) is 7.26. The number of nitrogens with zero attached hydrogens (tertiary/aromatic N) is 3. The van der Waals surface area contributed by atoms with E-state index >= 15 is 0 Å². The Bertz CT molecular complexity index is 1040. The van der Waals surface area contributed by atoms with E-state index in [9.17, 15) is 9.18 Å². The molecular formula is C25H29FN4O2. The zero-order valence-electron chi connectivity index (χ0n) is 18.6. The normalized spacial score (nSPS) is 16.1. The van der Waals surface area contributed by atoms with Crippen molar-refractivity contribution in [1.29, 1.82) is 0 Å². The van der Waals surface area contributed by atoms with Gasteiger partial charge in [-0.2, -0.15) is 4.98 Å². The number of piperidine rings is 1. The van der Waals surface area contributed by atoms with E-state index in [-0.39, 0.29) is 23.7 Å². The summed E-state index contributed by atoms with van der Waals surface area (Å²) in [4.78, 5) is 19.6. The Labute approximate surface area is 187 Å². The number of hydrogen-bond donors (Lipinski definition) is 1. The van der Waals surface area contributed by atoms with Gasteiger partial charge in [-0.25, -0.2) is 4.39 Å². The molecule has 7 heteroatoms. The Morgan fingerprint density at radius 2 is 1.91 bits per heavy atom. The van der Waals surface area contributed by atoms with Gasteiger partial charge >= 0.3 is 0 Å². The summed E-state index contributed by atoms with van der Waals surface area (Å²) in [6.45, 7) is 6.33. The van der Waals surface area contributed by atoms with Crippen molar-refractivity contribution in [3.8, 4) is 11.4 Å². The van der Waals surface area contributed by atoms with Crippen LogP contribution in [0.3, 0.4) is 0 Å². The second-order valence-corrected chi connectivity index (χ2v) is 8.40. The predicted octanol–water partition coefficient (Wildman–Crippen LogP) is 4.66. The molecule has 0 saturated carbocycles. The second-order valence-electron chi connectivity index (χ2n) is 8.40. The van der Waals surface area contributed by atoms with Gasteiger partial charge in [0.1, 0.15) is 5.82 Å². The Kier molecular flexibility index (Phi) is 6.95. The van der Waals surface area contributed by atoms with E-state index in [0.717, 1.165) is 37.9 Å². The van der Waals surface area contributed by atoms with Gasteiger partial charge in [0.2, 0.25) is 17.6 Å². The third-order valence-corrected chi connectivity index (χ3v) is 6.18. The Balaban J connectivity index is 1.29. The number of nitrogens with one attached hydrogen (secondary N) is 1. The first-order chi connectivity index (χ1) is 15.5. The van der Waals surface area contributed by atoms with Crippen molar-refractivity contribution in [2.45, 2.75) is 45.7 Å². The Morgan fingerprint density at radius 3 is 2.59 bits per heavy atom. The third kappa shape index (κ3) is 5.22. The number of aromatic nitrogens is 2. The van der Waals surface area contributed by atoms with Crippen LogP contribution in [0.25, 0.3) is 11.4 Å². The maximum atomic E-state index is 13.1. The van der Waals surface area contributed by atoms with Gasteiger partial charge in [0.05, 0.1) is 12.6 Å². The van der Waals surface area contributed by atoms with Crippen LogP contribution in [-0.4, -0.2) is 34.0 Å². The van der Waals surface area contributed by atoms with Gasteiger partial charge in [-0.3, -0.25) is 9.69 Å². The first-order valence-corrected chi connectivity index (χ1v) is 11.2. The standard InChI is InChI=1S/C25H29FN4O2/c1-3-22(21-7-5-4-6-17(21)2)27-25(31)19-12-14-30(15-13-19)16-23-28-24(29-32-23)18-8-10-20(26)11-9-18/h4-11,19,22H,3,12-16H2,1-2H3,(H,27,31). The van der Waals surface area contributed by atoms with Gasteiger partial charge in [-0.15, -0.1) is 0 Å². The zero-order chi connectivity index (χ0) is 22.5. The summed E-state index contributed by atoms with van der Waals surface area (Å²) < 4.78 is 18.5. The maximum absolute atomic E-state index is 13.1. The molecule has 0 aliphatic carbocycles. The number of aryl methyl sites for hydroxylation is 1. The summed E-state index contributed by atoms with van der Waals surface area (Å²) in [6.07, 6.45) is 2.47. The van der Waals surface area contributed by atoms with Crippen molar-refractivity contribution in [2.24, 2.45) is 5.92 Å². The van der Waals surface area contributed by atoms with Crippen LogP contribution in [0.5, 0.6) is 0 Å². The average molecular weight is 437 g/mol. The molecule has 0 bridgehead atoms. The molecule has 1 saturated heterocycles. The number of hydrogen-bond acceptors (Lipinski definition) is 5. The highest BCUT2D eigenvalue weighted by Gasteiger charge is 2.27. The van der Waals surface area contributed by atoms with Crippen LogP contribution < -0.4 is 5.32 Å². The summed E-state index contributed by atoms with van der Waals surface area (Å²) in [7, 11) is 0. The molecule has 6 nitrogen and oxygen atoms in total. The minimum absolute atomic E-state index is 0.0155. The van der Waals surface area contributed by atoms with E-state index < -0.39 is 0 Å². The molecule has 1 aliphatic rings. The lowest BCUT2D eigenvalue weighted by Crippen LogP contribution is -2.41. The molecule has 4 rings (SSSR count). The molecule has 2 heterocycles. The predicted molar refractivity (Wildman–Crippen MR) is 120 cm³/mol. The van der Waals surface area contributed by atoms with E-state index in [2.05, 4.69) is 46.3 Å². The van der Waals surface area contributed by atoms with Gasteiger partial charge < -0.3 is 9.84 Å². The van der Waals surface area contributed by atoms with Gasteiger partial charge in [0, 0.05) is 11.5 Å². The largest absolute Gasteiger partial charge is 0.349 e. The number of carbonyl (C=O) groups excluding carboxylic acids is 1. The Morgan fingerprint density at radius 1 is 1.19 bits per heavy atom. The quantitative estimate of drug-likeness (QED) is 0.583. The first-order valence-electron chi connectivity index (χ1n) is 11.2. The fourth-order valence-corrected chi connectivity index (χ4v) is 4.25. The molecule has 1 aromatic heterocycles. The highest BCUT2D eigenvalue weighted by atomic mass is 19.1. The first kappa shape index (κ1) is 22.1. The highest BCUT2D eigenvalue weighted by molar-refractivity contribution is 5.79. The number of benzene rings is 2. The lowest BCUT2D eigenvalue weighted by atomic mass is 9.94. The molecule has 2 aromatic carbocycles. The van der Waals surface area contributed by atoms with Crippen LogP contribution in [0, 0.1) is 18.7 Å². The SMILES string of the molecule is CCC(NC(=O)C1CCN(Cc2nc(-c3ccc(F)cc3)no2)CC1)c1ccccc1C. The summed E-state index contributed by atoms with van der Waals surface area (Å²) in [5.41, 5.74) is 3.11. The molecule has 1 unspecified atom stereocenters. The number of amides is 1. The van der Waals surface area contributed by atoms with Crippen LogP contribution in [0.4, 0.5) is 4.39 Å². The van der Waals surface area contributed by atoms with E-state index in [0.29, 0.717) is 18.3 Å². The molecule has 1 N–H and O–H groups in total. The molecule has 3 aromatic rings. The maximum Gasteiger partial charge on any atom is 0.241 e. The van der Waals surface area contributed by atoms with Crippen molar-refractivity contribution < 1.29 is 13.7 Å². The van der Waals surface area contributed by atoms with Gasteiger partial charge in [0.15, 0.2) is 0 Å². The van der Waals surface area contributed by atoms with Crippen LogP contribution in [0.15, 0.2) is 53.1 Å². The molecule has 1 amide bonds. The zero-order valence-corrected chi connectivity index (χ0v) is 18.6. The summed E-state index contributed by atoms with van der Waals surface area (Å²) >= 11 is 0. The highest BCUT2D eigenvalue weighted by Crippen LogP contribution is 2.24. The van der Waals surface area contributed by atoms with Crippen LogP contribution in [0.1, 0.15) is 49.2 Å². The third-order valence-electron chi connectivity index (χ3n) is 6.18. The van der Waals surface area contributed by atoms with Crippen molar-refractivity contribution in [3.05, 3.63) is 71.4 Å². The fourth-order valence-electron chi connectivity index (χ4n) is 4.25. The minimum Gasteiger partial charge on any atom is -0.349 e.